The summed E-state index contributed by atoms with van der Waals surface area (Å²) in [6.07, 6.45) is 0.466. The molecule has 0 fully saturated rings. The van der Waals surface area contributed by atoms with Crippen molar-refractivity contribution >= 4 is 40.7 Å². The van der Waals surface area contributed by atoms with E-state index in [1.54, 1.807) is 40.9 Å². The number of halogens is 1. The first kappa shape index (κ1) is 17.8. The molecule has 130 valence electrons. The van der Waals surface area contributed by atoms with Crippen LogP contribution in [0.25, 0.3) is 0 Å². The molecule has 1 aliphatic rings. The van der Waals surface area contributed by atoms with Crippen molar-refractivity contribution in [2.45, 2.75) is 18.2 Å². The minimum Gasteiger partial charge on any atom is -0.484 e. The Morgan fingerprint density at radius 2 is 1.96 bits per heavy atom. The summed E-state index contributed by atoms with van der Waals surface area (Å²) in [6.45, 7) is 2.40. The summed E-state index contributed by atoms with van der Waals surface area (Å²) in [7, 11) is 0. The molecule has 0 aromatic heterocycles. The zero-order chi connectivity index (χ0) is 17.8. The van der Waals surface area contributed by atoms with Crippen LogP contribution < -0.4 is 9.64 Å². The van der Waals surface area contributed by atoms with Crippen LogP contribution in [0.15, 0.2) is 47.4 Å². The molecule has 6 heteroatoms. The number of hydrogen-bond acceptors (Lipinski definition) is 4. The van der Waals surface area contributed by atoms with Gasteiger partial charge in [0.15, 0.2) is 12.4 Å². The number of fused-ring (bicyclic) bond motifs is 1. The van der Waals surface area contributed by atoms with Gasteiger partial charge in [0.2, 0.25) is 0 Å². The molecule has 1 heterocycles. The predicted molar refractivity (Wildman–Crippen MR) is 101 cm³/mol. The summed E-state index contributed by atoms with van der Waals surface area (Å²) in [5, 5.41) is 0.608. The number of hydrogen-bond donors (Lipinski definition) is 0. The molecule has 0 spiro atoms. The smallest absolute Gasteiger partial charge is 0.264 e. The molecule has 25 heavy (non-hydrogen) atoms. The van der Waals surface area contributed by atoms with Gasteiger partial charge >= 0.3 is 0 Å². The van der Waals surface area contributed by atoms with Crippen LogP contribution in [0.5, 0.6) is 5.75 Å². The summed E-state index contributed by atoms with van der Waals surface area (Å²) in [5.74, 6) is 1.38. The van der Waals surface area contributed by atoms with Crippen molar-refractivity contribution < 1.29 is 14.3 Å². The summed E-state index contributed by atoms with van der Waals surface area (Å²) in [5.41, 5.74) is 1.49. The Balaban J connectivity index is 1.66. The number of carbonyl (C=O) groups excluding carboxylic acids is 2. The lowest BCUT2D eigenvalue weighted by Gasteiger charge is -2.29. The number of nitrogens with zero attached hydrogens (tertiary/aromatic N) is 1. The maximum atomic E-state index is 12.6. The summed E-state index contributed by atoms with van der Waals surface area (Å²) in [4.78, 5) is 27.0. The normalized spacial score (nSPS) is 13.3. The monoisotopic (exact) mass is 375 g/mol. The van der Waals surface area contributed by atoms with E-state index in [1.807, 2.05) is 25.1 Å². The van der Waals surface area contributed by atoms with Crippen LogP contribution in [0.1, 0.15) is 23.7 Å². The first-order valence-electron chi connectivity index (χ1n) is 8.07. The van der Waals surface area contributed by atoms with E-state index in [1.165, 1.54) is 0 Å². The average molecular weight is 376 g/mol. The highest BCUT2D eigenvalue weighted by atomic mass is 35.5. The van der Waals surface area contributed by atoms with E-state index in [0.29, 0.717) is 29.3 Å². The van der Waals surface area contributed by atoms with Gasteiger partial charge in [0, 0.05) is 34.2 Å². The number of carbonyl (C=O) groups is 2. The second-order valence-corrected chi connectivity index (χ2v) is 7.17. The second kappa shape index (κ2) is 7.93. The zero-order valence-corrected chi connectivity index (χ0v) is 15.4. The third kappa shape index (κ3) is 4.17. The van der Waals surface area contributed by atoms with E-state index in [2.05, 4.69) is 0 Å². The molecule has 0 saturated carbocycles. The van der Waals surface area contributed by atoms with Gasteiger partial charge in [-0.05, 0) is 42.5 Å². The fourth-order valence-electron chi connectivity index (χ4n) is 2.61. The van der Waals surface area contributed by atoms with Crippen LogP contribution in [0.3, 0.4) is 0 Å². The van der Waals surface area contributed by atoms with E-state index >= 15 is 0 Å². The van der Waals surface area contributed by atoms with Gasteiger partial charge in [-0.3, -0.25) is 9.59 Å². The highest BCUT2D eigenvalue weighted by Gasteiger charge is 2.23. The van der Waals surface area contributed by atoms with Crippen LogP contribution >= 0.6 is 23.4 Å². The molecular formula is C19H18ClNO3S. The number of ketones is 1. The molecule has 0 bridgehead atoms. The van der Waals surface area contributed by atoms with Gasteiger partial charge in [0.05, 0.1) is 5.69 Å². The van der Waals surface area contributed by atoms with Gasteiger partial charge in [0.25, 0.3) is 5.91 Å². The standard InChI is InChI=1S/C19H18ClNO3S/c1-2-17(22)13-3-6-15(7-4-13)24-12-19(23)21-9-10-25-18-8-5-14(20)11-16(18)21/h3-8,11H,2,9-10,12H2,1H3. The molecule has 1 aliphatic heterocycles. The van der Waals surface area contributed by atoms with Crippen LogP contribution in [-0.2, 0) is 4.79 Å². The quantitative estimate of drug-likeness (QED) is 0.724. The Morgan fingerprint density at radius 3 is 2.68 bits per heavy atom. The lowest BCUT2D eigenvalue weighted by molar-refractivity contribution is -0.120. The molecule has 0 N–H and O–H groups in total. The minimum atomic E-state index is -0.113. The van der Waals surface area contributed by atoms with Crippen molar-refractivity contribution in [1.29, 1.82) is 0 Å². The number of anilines is 1. The molecular weight excluding hydrogens is 358 g/mol. The van der Waals surface area contributed by atoms with E-state index in [0.717, 1.165) is 16.3 Å². The van der Waals surface area contributed by atoms with Crippen LogP contribution in [0.2, 0.25) is 5.02 Å². The van der Waals surface area contributed by atoms with Crippen LogP contribution in [0.4, 0.5) is 5.69 Å². The number of Topliss-reactive ketones (excluding diaryl/α,β-unsaturated/α-hetero) is 1. The van der Waals surface area contributed by atoms with E-state index < -0.39 is 0 Å². The molecule has 1 amide bonds. The molecule has 0 aliphatic carbocycles. The van der Waals surface area contributed by atoms with Crippen molar-refractivity contribution in [1.82, 2.24) is 0 Å². The van der Waals surface area contributed by atoms with Crippen molar-refractivity contribution in [2.75, 3.05) is 23.8 Å². The van der Waals surface area contributed by atoms with Crippen molar-refractivity contribution in [2.24, 2.45) is 0 Å². The first-order valence-corrected chi connectivity index (χ1v) is 9.43. The average Bonchev–Trinajstić information content (AvgIpc) is 2.65. The van der Waals surface area contributed by atoms with E-state index in [-0.39, 0.29) is 18.3 Å². The summed E-state index contributed by atoms with van der Waals surface area (Å²) < 4.78 is 5.59. The number of thioether (sulfide) groups is 1. The third-order valence-corrected chi connectivity index (χ3v) is 5.22. The Bertz CT molecular complexity index is 792. The maximum Gasteiger partial charge on any atom is 0.264 e. The lowest BCUT2D eigenvalue weighted by atomic mass is 10.1. The third-order valence-electron chi connectivity index (χ3n) is 3.95. The highest BCUT2D eigenvalue weighted by Crippen LogP contribution is 2.36. The molecule has 0 atom stereocenters. The van der Waals surface area contributed by atoms with Crippen molar-refractivity contribution in [3.8, 4) is 5.75 Å². The van der Waals surface area contributed by atoms with Gasteiger partial charge < -0.3 is 9.64 Å². The molecule has 0 radical (unpaired) electrons. The minimum absolute atomic E-state index is 0.0578. The van der Waals surface area contributed by atoms with Gasteiger partial charge in [-0.15, -0.1) is 11.8 Å². The Labute approximate surface area is 156 Å². The Hall–Kier alpha value is -1.98. The fraction of sp³-hybridized carbons (Fsp3) is 0.263. The molecule has 2 aromatic rings. The summed E-state index contributed by atoms with van der Waals surface area (Å²) >= 11 is 7.78. The van der Waals surface area contributed by atoms with E-state index in [4.69, 9.17) is 16.3 Å². The Morgan fingerprint density at radius 1 is 1.20 bits per heavy atom. The maximum absolute atomic E-state index is 12.6. The van der Waals surface area contributed by atoms with Crippen molar-refractivity contribution in [3.63, 3.8) is 0 Å². The van der Waals surface area contributed by atoms with E-state index in [9.17, 15) is 9.59 Å². The summed E-state index contributed by atoms with van der Waals surface area (Å²) in [6, 6.07) is 12.5. The molecule has 3 rings (SSSR count). The molecule has 0 saturated heterocycles. The van der Waals surface area contributed by atoms with Gasteiger partial charge in [-0.25, -0.2) is 0 Å². The van der Waals surface area contributed by atoms with Gasteiger partial charge in [-0.2, -0.15) is 0 Å². The van der Waals surface area contributed by atoms with Gasteiger partial charge in [-0.1, -0.05) is 18.5 Å². The number of amides is 1. The number of rotatable bonds is 5. The first-order chi connectivity index (χ1) is 12.1. The number of ether oxygens (including phenoxy) is 1. The predicted octanol–water partition coefficient (Wildman–Crippen LogP) is 4.45. The SMILES string of the molecule is CCC(=O)c1ccc(OCC(=O)N2CCSc3ccc(Cl)cc32)cc1. The largest absolute Gasteiger partial charge is 0.484 e. The second-order valence-electron chi connectivity index (χ2n) is 5.60. The fourth-order valence-corrected chi connectivity index (χ4v) is 3.76. The van der Waals surface area contributed by atoms with Crippen LogP contribution in [-0.4, -0.2) is 30.6 Å². The molecule has 2 aromatic carbocycles. The molecule has 0 unspecified atom stereocenters. The Kier molecular flexibility index (Phi) is 5.66. The van der Waals surface area contributed by atoms with Crippen LogP contribution in [0, 0.1) is 0 Å². The lowest BCUT2D eigenvalue weighted by Crippen LogP contribution is -2.38. The topological polar surface area (TPSA) is 46.6 Å². The highest BCUT2D eigenvalue weighted by molar-refractivity contribution is 7.99. The molecule has 4 nitrogen and oxygen atoms in total. The number of benzene rings is 2. The van der Waals surface area contributed by atoms with Crippen molar-refractivity contribution in [3.05, 3.63) is 53.1 Å². The van der Waals surface area contributed by atoms with Gasteiger partial charge in [0.1, 0.15) is 5.75 Å². The zero-order valence-electron chi connectivity index (χ0n) is 13.8.